The number of aryl methyl sites for hydroxylation is 2. The van der Waals surface area contributed by atoms with E-state index in [9.17, 15) is 18.0 Å². The normalized spacial score (nSPS) is 16.9. The molecule has 1 saturated heterocycles. The zero-order chi connectivity index (χ0) is 21.2. The largest absolute Gasteiger partial charge is 0.493 e. The predicted octanol–water partition coefficient (Wildman–Crippen LogP) is 3.98. The van der Waals surface area contributed by atoms with Crippen molar-refractivity contribution in [3.63, 3.8) is 0 Å². The fourth-order valence-corrected chi connectivity index (χ4v) is 3.69. The molecule has 6 nitrogen and oxygen atoms in total. The zero-order valence-electron chi connectivity index (χ0n) is 16.6. The molecule has 29 heavy (non-hydrogen) atoms. The molecule has 0 bridgehead atoms. The van der Waals surface area contributed by atoms with Crippen LogP contribution in [0.25, 0.3) is 0 Å². The Labute approximate surface area is 167 Å². The number of amides is 1. The summed E-state index contributed by atoms with van der Waals surface area (Å²) in [6.45, 7) is 2.27. The molecular formula is C20H24F3N3O3. The van der Waals surface area contributed by atoms with E-state index in [0.717, 1.165) is 24.5 Å². The Morgan fingerprint density at radius 2 is 1.93 bits per heavy atom. The van der Waals surface area contributed by atoms with Crippen molar-refractivity contribution in [1.82, 2.24) is 14.7 Å². The lowest BCUT2D eigenvalue weighted by molar-refractivity contribution is -0.141. The Morgan fingerprint density at radius 3 is 2.55 bits per heavy atom. The topological polar surface area (TPSA) is 56.6 Å². The van der Waals surface area contributed by atoms with Crippen LogP contribution in [0.15, 0.2) is 24.3 Å². The highest BCUT2D eigenvalue weighted by Gasteiger charge is 2.35. The molecule has 0 spiro atoms. The summed E-state index contributed by atoms with van der Waals surface area (Å²) in [6.07, 6.45) is -2.72. The van der Waals surface area contributed by atoms with Crippen molar-refractivity contribution in [3.8, 4) is 11.5 Å². The monoisotopic (exact) mass is 411 g/mol. The van der Waals surface area contributed by atoms with E-state index in [0.29, 0.717) is 23.7 Å². The maximum atomic E-state index is 12.8. The lowest BCUT2D eigenvalue weighted by Gasteiger charge is -2.26. The van der Waals surface area contributed by atoms with Crippen LogP contribution < -0.4 is 9.47 Å². The van der Waals surface area contributed by atoms with Crippen LogP contribution in [0.3, 0.4) is 0 Å². The summed E-state index contributed by atoms with van der Waals surface area (Å²) < 4.78 is 50.3. The highest BCUT2D eigenvalue weighted by Crippen LogP contribution is 2.37. The molecule has 1 aliphatic rings. The minimum Gasteiger partial charge on any atom is -0.493 e. The smallest absolute Gasteiger partial charge is 0.435 e. The predicted molar refractivity (Wildman–Crippen MR) is 99.8 cm³/mol. The molecule has 0 radical (unpaired) electrons. The number of aromatic nitrogens is 2. The molecule has 1 fully saturated rings. The molecule has 1 aromatic heterocycles. The summed E-state index contributed by atoms with van der Waals surface area (Å²) in [7, 11) is 3.12. The van der Waals surface area contributed by atoms with Crippen LogP contribution in [0.2, 0.25) is 0 Å². The third-order valence-electron chi connectivity index (χ3n) is 5.17. The summed E-state index contributed by atoms with van der Waals surface area (Å²) >= 11 is 0. The number of carbonyl (C=O) groups excluding carboxylic acids is 1. The van der Waals surface area contributed by atoms with Crippen LogP contribution in [-0.4, -0.2) is 41.4 Å². The Balaban J connectivity index is 1.70. The van der Waals surface area contributed by atoms with Crippen LogP contribution in [0.5, 0.6) is 11.5 Å². The SMILES string of the molecule is COc1ccc([C@@H]2CCCN2C(=O)CCn2nc(C(F)(F)F)cc2C)cc1OC. The molecule has 1 aromatic carbocycles. The summed E-state index contributed by atoms with van der Waals surface area (Å²) in [5, 5.41) is 3.59. The minimum absolute atomic E-state index is 0.0869. The van der Waals surface area contributed by atoms with Gasteiger partial charge in [0.1, 0.15) is 0 Å². The summed E-state index contributed by atoms with van der Waals surface area (Å²) in [6, 6.07) is 6.48. The third-order valence-corrected chi connectivity index (χ3v) is 5.17. The van der Waals surface area contributed by atoms with Crippen molar-refractivity contribution in [3.05, 3.63) is 41.2 Å². The average molecular weight is 411 g/mol. The van der Waals surface area contributed by atoms with Gasteiger partial charge in [-0.2, -0.15) is 18.3 Å². The van der Waals surface area contributed by atoms with Gasteiger partial charge in [0.15, 0.2) is 17.2 Å². The minimum atomic E-state index is -4.49. The number of methoxy groups -OCH3 is 2. The van der Waals surface area contributed by atoms with Crippen LogP contribution in [0, 0.1) is 6.92 Å². The van der Waals surface area contributed by atoms with E-state index in [1.54, 1.807) is 32.1 Å². The quantitative estimate of drug-likeness (QED) is 0.722. The molecule has 3 rings (SSSR count). The fraction of sp³-hybridized carbons (Fsp3) is 0.500. The van der Waals surface area contributed by atoms with Gasteiger partial charge in [-0.05, 0) is 43.5 Å². The van der Waals surface area contributed by atoms with Gasteiger partial charge in [0.25, 0.3) is 0 Å². The first kappa shape index (κ1) is 21.0. The van der Waals surface area contributed by atoms with Crippen molar-refractivity contribution in [2.45, 2.75) is 44.9 Å². The Morgan fingerprint density at radius 1 is 1.21 bits per heavy atom. The standard InChI is InChI=1S/C20H24F3N3O3/c1-13-11-18(20(21,22)23)24-26(13)10-8-19(27)25-9-4-5-15(25)14-6-7-16(28-2)17(12-14)29-3/h6-7,11-12,15H,4-5,8-10H2,1-3H3/t15-/m0/s1. The Hall–Kier alpha value is -2.71. The van der Waals surface area contributed by atoms with Crippen molar-refractivity contribution >= 4 is 5.91 Å². The van der Waals surface area contributed by atoms with Crippen LogP contribution in [-0.2, 0) is 17.5 Å². The Bertz CT molecular complexity index is 880. The first-order valence-corrected chi connectivity index (χ1v) is 9.37. The van der Waals surface area contributed by atoms with Gasteiger partial charge in [-0.3, -0.25) is 9.48 Å². The number of benzene rings is 1. The van der Waals surface area contributed by atoms with Crippen LogP contribution in [0.4, 0.5) is 13.2 Å². The van der Waals surface area contributed by atoms with E-state index in [4.69, 9.17) is 9.47 Å². The molecule has 9 heteroatoms. The van der Waals surface area contributed by atoms with E-state index >= 15 is 0 Å². The van der Waals surface area contributed by atoms with Gasteiger partial charge in [-0.1, -0.05) is 6.07 Å². The molecule has 0 N–H and O–H groups in total. The number of rotatable bonds is 6. The number of halogens is 3. The van der Waals surface area contributed by atoms with Gasteiger partial charge < -0.3 is 14.4 Å². The van der Waals surface area contributed by atoms with Gasteiger partial charge in [-0.15, -0.1) is 0 Å². The lowest BCUT2D eigenvalue weighted by atomic mass is 10.0. The van der Waals surface area contributed by atoms with Crippen LogP contribution in [0.1, 0.15) is 42.3 Å². The molecule has 0 aliphatic carbocycles. The number of hydrogen-bond acceptors (Lipinski definition) is 4. The summed E-state index contributed by atoms with van der Waals surface area (Å²) in [5.41, 5.74) is 0.387. The van der Waals surface area contributed by atoms with Crippen molar-refractivity contribution in [2.24, 2.45) is 0 Å². The fourth-order valence-electron chi connectivity index (χ4n) is 3.69. The van der Waals surface area contributed by atoms with Gasteiger partial charge in [0.05, 0.1) is 20.3 Å². The lowest BCUT2D eigenvalue weighted by Crippen LogP contribution is -2.31. The van der Waals surface area contributed by atoms with Gasteiger partial charge in [0, 0.05) is 25.2 Å². The number of likely N-dealkylation sites (tertiary alicyclic amines) is 1. The first-order chi connectivity index (χ1) is 13.7. The third kappa shape index (κ3) is 4.49. The molecular weight excluding hydrogens is 387 g/mol. The molecule has 1 amide bonds. The van der Waals surface area contributed by atoms with Crippen molar-refractivity contribution in [1.29, 1.82) is 0 Å². The molecule has 0 saturated carbocycles. The van der Waals surface area contributed by atoms with Crippen molar-refractivity contribution < 1.29 is 27.4 Å². The molecule has 2 aromatic rings. The molecule has 0 unspecified atom stereocenters. The van der Waals surface area contributed by atoms with Crippen LogP contribution >= 0.6 is 0 Å². The van der Waals surface area contributed by atoms with Gasteiger partial charge >= 0.3 is 6.18 Å². The second-order valence-corrected chi connectivity index (χ2v) is 7.00. The Kier molecular flexibility index (Phi) is 6.04. The second kappa shape index (κ2) is 8.34. The summed E-state index contributed by atoms with van der Waals surface area (Å²) in [4.78, 5) is 14.6. The molecule has 1 aliphatic heterocycles. The maximum absolute atomic E-state index is 12.8. The van der Waals surface area contributed by atoms with E-state index in [1.807, 2.05) is 12.1 Å². The average Bonchev–Trinajstić information content (AvgIpc) is 3.32. The van der Waals surface area contributed by atoms with Gasteiger partial charge in [0.2, 0.25) is 5.91 Å². The number of nitrogens with zero attached hydrogens (tertiary/aromatic N) is 3. The zero-order valence-corrected chi connectivity index (χ0v) is 16.6. The highest BCUT2D eigenvalue weighted by molar-refractivity contribution is 5.77. The first-order valence-electron chi connectivity index (χ1n) is 9.37. The summed E-state index contributed by atoms with van der Waals surface area (Å²) in [5.74, 6) is 1.10. The van der Waals surface area contributed by atoms with E-state index in [-0.39, 0.29) is 24.9 Å². The highest BCUT2D eigenvalue weighted by atomic mass is 19.4. The maximum Gasteiger partial charge on any atom is 0.435 e. The molecule has 2 heterocycles. The number of carbonyl (C=O) groups is 1. The molecule has 158 valence electrons. The number of hydrogen-bond donors (Lipinski definition) is 0. The van der Waals surface area contributed by atoms with E-state index in [1.165, 1.54) is 4.68 Å². The van der Waals surface area contributed by atoms with E-state index < -0.39 is 11.9 Å². The number of alkyl halides is 3. The number of ether oxygens (including phenoxy) is 2. The van der Waals surface area contributed by atoms with Crippen molar-refractivity contribution in [2.75, 3.05) is 20.8 Å². The van der Waals surface area contributed by atoms with E-state index in [2.05, 4.69) is 5.10 Å². The van der Waals surface area contributed by atoms with Gasteiger partial charge in [-0.25, -0.2) is 0 Å². The second-order valence-electron chi connectivity index (χ2n) is 7.00. The molecule has 1 atom stereocenters.